The fraction of sp³-hybridized carbons (Fsp3) is 1.00. The predicted octanol–water partition coefficient (Wildman–Crippen LogP) is 1.36. The molecule has 2 fully saturated rings. The number of fused-ring (bicyclic) bond motifs is 1. The summed E-state index contributed by atoms with van der Waals surface area (Å²) in [5.41, 5.74) is 0. The van der Waals surface area contributed by atoms with Gasteiger partial charge in [-0.1, -0.05) is 0 Å². The second kappa shape index (κ2) is 6.07. The average Bonchev–Trinajstić information content (AvgIpc) is 2.36. The van der Waals surface area contributed by atoms with Crippen LogP contribution in [0.5, 0.6) is 0 Å². The van der Waals surface area contributed by atoms with Crippen LogP contribution in [0.2, 0.25) is 0 Å². The summed E-state index contributed by atoms with van der Waals surface area (Å²) in [7, 11) is -0.922. The van der Waals surface area contributed by atoms with Crippen molar-refractivity contribution < 1.29 is 8.42 Å². The Balaban J connectivity index is 1.98. The zero-order chi connectivity index (χ0) is 13.2. The molecule has 2 aliphatic rings. The van der Waals surface area contributed by atoms with Gasteiger partial charge in [0.25, 0.3) is 0 Å². The molecule has 0 amide bonds. The second-order valence-electron chi connectivity index (χ2n) is 5.46. The number of halogens is 1. The Bertz CT molecular complexity index is 374. The van der Waals surface area contributed by atoms with Crippen LogP contribution in [-0.4, -0.2) is 62.0 Å². The summed E-state index contributed by atoms with van der Waals surface area (Å²) in [5.74, 6) is 1.13. The van der Waals surface area contributed by atoms with Gasteiger partial charge in [-0.05, 0) is 45.2 Å². The molecule has 0 aromatic heterocycles. The highest BCUT2D eigenvalue weighted by atomic mass is 35.5. The number of sulfonamides is 1. The average molecular weight is 295 g/mol. The van der Waals surface area contributed by atoms with Gasteiger partial charge in [0, 0.05) is 25.0 Å². The van der Waals surface area contributed by atoms with Crippen molar-refractivity contribution in [3.63, 3.8) is 0 Å². The first kappa shape index (κ1) is 14.6. The van der Waals surface area contributed by atoms with Gasteiger partial charge in [0.05, 0.1) is 5.75 Å². The van der Waals surface area contributed by atoms with E-state index in [9.17, 15) is 8.42 Å². The number of hydrogen-bond donors (Lipinski definition) is 0. The van der Waals surface area contributed by atoms with Crippen LogP contribution in [0.25, 0.3) is 0 Å². The van der Waals surface area contributed by atoms with E-state index in [-0.39, 0.29) is 5.75 Å². The Kier molecular flexibility index (Phi) is 4.92. The van der Waals surface area contributed by atoms with E-state index >= 15 is 0 Å². The highest BCUT2D eigenvalue weighted by Crippen LogP contribution is 2.30. The lowest BCUT2D eigenvalue weighted by Crippen LogP contribution is -2.54. The molecule has 0 bridgehead atoms. The fourth-order valence-corrected chi connectivity index (χ4v) is 5.10. The van der Waals surface area contributed by atoms with Crippen LogP contribution in [0.3, 0.4) is 0 Å². The third-order valence-electron chi connectivity index (χ3n) is 4.24. The van der Waals surface area contributed by atoms with Gasteiger partial charge in [-0.15, -0.1) is 11.6 Å². The SMILES string of the molecule is CN1CCCC2CN(S(=O)(=O)CCCCl)CCC21. The summed E-state index contributed by atoms with van der Waals surface area (Å²) in [6.07, 6.45) is 3.87. The maximum absolute atomic E-state index is 12.2. The van der Waals surface area contributed by atoms with E-state index < -0.39 is 10.0 Å². The molecule has 4 nitrogen and oxygen atoms in total. The van der Waals surface area contributed by atoms with E-state index in [0.29, 0.717) is 37.4 Å². The van der Waals surface area contributed by atoms with Crippen molar-refractivity contribution >= 4 is 21.6 Å². The van der Waals surface area contributed by atoms with Crippen molar-refractivity contribution in [1.29, 1.82) is 0 Å². The molecule has 0 spiro atoms. The minimum Gasteiger partial charge on any atom is -0.303 e. The molecule has 0 aliphatic carbocycles. The van der Waals surface area contributed by atoms with Crippen LogP contribution in [0, 0.1) is 5.92 Å². The van der Waals surface area contributed by atoms with E-state index in [2.05, 4.69) is 11.9 Å². The van der Waals surface area contributed by atoms with Crippen LogP contribution in [0.1, 0.15) is 25.7 Å². The van der Waals surface area contributed by atoms with Gasteiger partial charge in [0.1, 0.15) is 0 Å². The Hall–Kier alpha value is 0.160. The van der Waals surface area contributed by atoms with E-state index in [1.807, 2.05) is 0 Å². The Morgan fingerprint density at radius 2 is 2.06 bits per heavy atom. The molecule has 106 valence electrons. The Labute approximate surface area is 115 Å². The molecule has 6 heteroatoms. The summed E-state index contributed by atoms with van der Waals surface area (Å²) in [6.45, 7) is 2.54. The number of nitrogens with zero attached hydrogens (tertiary/aromatic N) is 2. The van der Waals surface area contributed by atoms with Gasteiger partial charge in [0.2, 0.25) is 10.0 Å². The maximum Gasteiger partial charge on any atom is 0.214 e. The molecule has 2 unspecified atom stereocenters. The zero-order valence-electron chi connectivity index (χ0n) is 11.0. The van der Waals surface area contributed by atoms with Crippen molar-refractivity contribution in [1.82, 2.24) is 9.21 Å². The van der Waals surface area contributed by atoms with Gasteiger partial charge in [-0.25, -0.2) is 12.7 Å². The molecule has 0 aromatic rings. The quantitative estimate of drug-likeness (QED) is 0.735. The van der Waals surface area contributed by atoms with Crippen molar-refractivity contribution in [2.24, 2.45) is 5.92 Å². The molecule has 0 saturated carbocycles. The minimum absolute atomic E-state index is 0.198. The molecule has 0 radical (unpaired) electrons. The van der Waals surface area contributed by atoms with Crippen molar-refractivity contribution in [2.45, 2.75) is 31.7 Å². The molecule has 2 rings (SSSR count). The highest BCUT2D eigenvalue weighted by Gasteiger charge is 2.37. The number of piperidine rings is 2. The van der Waals surface area contributed by atoms with Gasteiger partial charge < -0.3 is 4.90 Å². The van der Waals surface area contributed by atoms with Crippen molar-refractivity contribution in [3.8, 4) is 0 Å². The van der Waals surface area contributed by atoms with E-state index in [4.69, 9.17) is 11.6 Å². The number of hydrogen-bond acceptors (Lipinski definition) is 3. The van der Waals surface area contributed by atoms with Gasteiger partial charge in [0.15, 0.2) is 0 Å². The molecular weight excluding hydrogens is 272 g/mol. The first-order valence-electron chi connectivity index (χ1n) is 6.78. The molecule has 18 heavy (non-hydrogen) atoms. The number of alkyl halides is 1. The van der Waals surface area contributed by atoms with Crippen LogP contribution < -0.4 is 0 Å². The molecule has 2 atom stereocenters. The monoisotopic (exact) mass is 294 g/mol. The van der Waals surface area contributed by atoms with E-state index in [1.54, 1.807) is 4.31 Å². The molecule has 2 heterocycles. The van der Waals surface area contributed by atoms with Crippen LogP contribution >= 0.6 is 11.6 Å². The van der Waals surface area contributed by atoms with Gasteiger partial charge in [-0.2, -0.15) is 0 Å². The molecule has 0 N–H and O–H groups in total. The predicted molar refractivity (Wildman–Crippen MR) is 74.5 cm³/mol. The lowest BCUT2D eigenvalue weighted by Gasteiger charge is -2.45. The van der Waals surface area contributed by atoms with Crippen molar-refractivity contribution in [3.05, 3.63) is 0 Å². The normalized spacial score (nSPS) is 31.2. The third-order valence-corrected chi connectivity index (χ3v) is 6.43. The lowest BCUT2D eigenvalue weighted by atomic mass is 9.85. The topological polar surface area (TPSA) is 40.6 Å². The standard InChI is InChI=1S/C12H23ClN2O2S/c1-14-7-2-4-11-10-15(8-5-12(11)14)18(16,17)9-3-6-13/h11-12H,2-10H2,1H3. The second-order valence-corrected chi connectivity index (χ2v) is 7.92. The Morgan fingerprint density at radius 1 is 1.28 bits per heavy atom. The van der Waals surface area contributed by atoms with Crippen LogP contribution in [-0.2, 0) is 10.0 Å². The zero-order valence-corrected chi connectivity index (χ0v) is 12.6. The summed E-state index contributed by atoms with van der Waals surface area (Å²) in [6, 6.07) is 0.582. The fourth-order valence-electron chi connectivity index (χ4n) is 3.24. The maximum atomic E-state index is 12.2. The number of rotatable bonds is 4. The molecular formula is C12H23ClN2O2S. The highest BCUT2D eigenvalue weighted by molar-refractivity contribution is 7.89. The summed E-state index contributed by atoms with van der Waals surface area (Å²) >= 11 is 5.59. The molecule has 2 saturated heterocycles. The summed E-state index contributed by atoms with van der Waals surface area (Å²) in [4.78, 5) is 2.40. The van der Waals surface area contributed by atoms with Gasteiger partial charge >= 0.3 is 0 Å². The largest absolute Gasteiger partial charge is 0.303 e. The van der Waals surface area contributed by atoms with Crippen molar-refractivity contribution in [2.75, 3.05) is 38.3 Å². The molecule has 2 aliphatic heterocycles. The number of likely N-dealkylation sites (tertiary alicyclic amines) is 1. The van der Waals surface area contributed by atoms with Crippen LogP contribution in [0.4, 0.5) is 0 Å². The first-order valence-corrected chi connectivity index (χ1v) is 8.93. The van der Waals surface area contributed by atoms with Gasteiger partial charge in [-0.3, -0.25) is 0 Å². The molecule has 0 aromatic carbocycles. The first-order chi connectivity index (χ1) is 8.54. The lowest BCUT2D eigenvalue weighted by molar-refractivity contribution is 0.0671. The smallest absolute Gasteiger partial charge is 0.214 e. The third kappa shape index (κ3) is 3.18. The Morgan fingerprint density at radius 3 is 2.78 bits per heavy atom. The minimum atomic E-state index is -3.08. The van der Waals surface area contributed by atoms with E-state index in [0.717, 1.165) is 19.4 Å². The van der Waals surface area contributed by atoms with E-state index in [1.165, 1.54) is 6.42 Å². The van der Waals surface area contributed by atoms with Crippen LogP contribution in [0.15, 0.2) is 0 Å². The summed E-state index contributed by atoms with van der Waals surface area (Å²) < 4.78 is 26.0. The summed E-state index contributed by atoms with van der Waals surface area (Å²) in [5, 5.41) is 0.